The maximum absolute atomic E-state index is 12.9. The third-order valence-electron chi connectivity index (χ3n) is 4.33. The monoisotopic (exact) mass is 390 g/mol. The number of carbonyl (C=O) groups is 3. The van der Waals surface area contributed by atoms with E-state index in [1.165, 1.54) is 0 Å². The van der Waals surface area contributed by atoms with Crippen molar-refractivity contribution in [3.63, 3.8) is 0 Å². The molecule has 28 heavy (non-hydrogen) atoms. The van der Waals surface area contributed by atoms with Crippen LogP contribution in [0.3, 0.4) is 0 Å². The fraction of sp³-hybridized carbons (Fsp3) is 0.571. The van der Waals surface area contributed by atoms with Gasteiger partial charge >= 0.3 is 6.03 Å². The molecule has 0 aliphatic heterocycles. The molecule has 3 amide bonds. The van der Waals surface area contributed by atoms with Gasteiger partial charge in [0.15, 0.2) is 5.78 Å². The average molecular weight is 391 g/mol. The number of amides is 3. The molecule has 1 aromatic carbocycles. The lowest BCUT2D eigenvalue weighted by Gasteiger charge is -2.25. The van der Waals surface area contributed by atoms with Crippen molar-refractivity contribution in [2.75, 3.05) is 6.54 Å². The lowest BCUT2D eigenvalue weighted by molar-refractivity contribution is -0.130. The molecule has 5 N–H and O–H groups in total. The number of rotatable bonds is 12. The molecule has 7 heteroatoms. The predicted octanol–water partition coefficient (Wildman–Crippen LogP) is 1.75. The Morgan fingerprint density at radius 3 is 2.18 bits per heavy atom. The molecular weight excluding hydrogens is 356 g/mol. The van der Waals surface area contributed by atoms with Gasteiger partial charge in [0.1, 0.15) is 0 Å². The topological polar surface area (TPSA) is 113 Å². The molecule has 0 heterocycles. The Morgan fingerprint density at radius 2 is 1.64 bits per heavy atom. The van der Waals surface area contributed by atoms with Crippen LogP contribution in [0.2, 0.25) is 0 Å². The van der Waals surface area contributed by atoms with Crippen LogP contribution in [0.15, 0.2) is 30.3 Å². The zero-order valence-electron chi connectivity index (χ0n) is 17.3. The molecule has 1 aromatic rings. The smallest absolute Gasteiger partial charge is 0.312 e. The average Bonchev–Trinajstić information content (AvgIpc) is 2.63. The van der Waals surface area contributed by atoms with E-state index in [0.29, 0.717) is 25.8 Å². The van der Waals surface area contributed by atoms with E-state index in [2.05, 4.69) is 16.0 Å². The summed E-state index contributed by atoms with van der Waals surface area (Å²) in [6.07, 6.45) is 1.53. The van der Waals surface area contributed by atoms with Crippen molar-refractivity contribution >= 4 is 17.7 Å². The van der Waals surface area contributed by atoms with Crippen LogP contribution in [0.25, 0.3) is 0 Å². The van der Waals surface area contributed by atoms with Crippen molar-refractivity contribution in [3.8, 4) is 0 Å². The van der Waals surface area contributed by atoms with E-state index < -0.39 is 18.1 Å². The molecule has 0 radical (unpaired) electrons. The minimum Gasteiger partial charge on any atom is -0.352 e. The SMILES string of the molecule is CC(C)N[C@@H](Cc1ccccc1)C(=O)N[C@@H](CCCNC(N)=O)C(=O)C(C)C. The summed E-state index contributed by atoms with van der Waals surface area (Å²) < 4.78 is 0. The number of urea groups is 1. The van der Waals surface area contributed by atoms with Crippen molar-refractivity contribution < 1.29 is 14.4 Å². The van der Waals surface area contributed by atoms with E-state index >= 15 is 0 Å². The van der Waals surface area contributed by atoms with Gasteiger partial charge in [-0.2, -0.15) is 0 Å². The highest BCUT2D eigenvalue weighted by Crippen LogP contribution is 2.09. The Bertz CT molecular complexity index is 632. The fourth-order valence-electron chi connectivity index (χ4n) is 2.96. The van der Waals surface area contributed by atoms with Crippen LogP contribution in [-0.2, 0) is 16.0 Å². The van der Waals surface area contributed by atoms with E-state index in [9.17, 15) is 14.4 Å². The van der Waals surface area contributed by atoms with E-state index in [1.54, 1.807) is 0 Å². The van der Waals surface area contributed by atoms with Gasteiger partial charge in [-0.1, -0.05) is 58.0 Å². The highest BCUT2D eigenvalue weighted by atomic mass is 16.2. The van der Waals surface area contributed by atoms with Crippen molar-refractivity contribution in [2.24, 2.45) is 11.7 Å². The van der Waals surface area contributed by atoms with Gasteiger partial charge in [-0.25, -0.2) is 4.79 Å². The number of nitrogens with one attached hydrogen (secondary N) is 3. The number of Topliss-reactive ketones (excluding diaryl/α,β-unsaturated/α-hetero) is 1. The normalized spacial score (nSPS) is 13.2. The quantitative estimate of drug-likeness (QED) is 0.407. The fourth-order valence-corrected chi connectivity index (χ4v) is 2.96. The van der Waals surface area contributed by atoms with Crippen LogP contribution in [-0.4, -0.2) is 42.4 Å². The molecule has 0 saturated carbocycles. The van der Waals surface area contributed by atoms with E-state index in [-0.39, 0.29) is 23.7 Å². The molecule has 0 spiro atoms. The van der Waals surface area contributed by atoms with Crippen molar-refractivity contribution in [2.45, 2.75) is 65.1 Å². The van der Waals surface area contributed by atoms with Crippen LogP contribution in [0.4, 0.5) is 4.79 Å². The second kappa shape index (κ2) is 12.1. The molecule has 156 valence electrons. The summed E-state index contributed by atoms with van der Waals surface area (Å²) in [5.74, 6) is -0.408. The first-order valence-corrected chi connectivity index (χ1v) is 9.88. The van der Waals surface area contributed by atoms with Gasteiger partial charge in [0.05, 0.1) is 12.1 Å². The Hall–Kier alpha value is -2.41. The van der Waals surface area contributed by atoms with Crippen molar-refractivity contribution in [1.29, 1.82) is 0 Å². The molecule has 0 aliphatic rings. The first-order valence-electron chi connectivity index (χ1n) is 9.88. The zero-order valence-corrected chi connectivity index (χ0v) is 17.3. The Labute approximate surface area is 167 Å². The van der Waals surface area contributed by atoms with Crippen LogP contribution in [0.1, 0.15) is 46.1 Å². The van der Waals surface area contributed by atoms with Gasteiger partial charge in [-0.05, 0) is 24.8 Å². The van der Waals surface area contributed by atoms with Crippen LogP contribution in [0, 0.1) is 5.92 Å². The Balaban J connectivity index is 2.81. The zero-order chi connectivity index (χ0) is 21.1. The number of benzene rings is 1. The van der Waals surface area contributed by atoms with Gasteiger partial charge in [0, 0.05) is 18.5 Å². The second-order valence-electron chi connectivity index (χ2n) is 7.62. The summed E-state index contributed by atoms with van der Waals surface area (Å²) in [6.45, 7) is 7.97. The van der Waals surface area contributed by atoms with E-state index in [1.807, 2.05) is 58.0 Å². The summed E-state index contributed by atoms with van der Waals surface area (Å²) >= 11 is 0. The standard InChI is InChI=1S/C21H34N4O3/c1-14(2)19(26)17(11-8-12-23-21(22)28)25-20(27)18(24-15(3)4)13-16-9-6-5-7-10-16/h5-7,9-10,14-15,17-18,24H,8,11-13H2,1-4H3,(H,25,27)(H3,22,23,28)/t17-,18-/m0/s1. The lowest BCUT2D eigenvalue weighted by Crippen LogP contribution is -2.53. The summed E-state index contributed by atoms with van der Waals surface area (Å²) in [6, 6.07) is 8.28. The summed E-state index contributed by atoms with van der Waals surface area (Å²) in [5, 5.41) is 8.71. The minimum absolute atomic E-state index is 0.0181. The van der Waals surface area contributed by atoms with Gasteiger partial charge in [-0.3, -0.25) is 9.59 Å². The first kappa shape index (κ1) is 23.6. The Morgan fingerprint density at radius 1 is 1.00 bits per heavy atom. The number of hydrogen-bond acceptors (Lipinski definition) is 4. The molecule has 0 aromatic heterocycles. The third-order valence-corrected chi connectivity index (χ3v) is 4.33. The largest absolute Gasteiger partial charge is 0.352 e. The number of nitrogens with two attached hydrogens (primary N) is 1. The summed E-state index contributed by atoms with van der Waals surface area (Å²) in [7, 11) is 0. The van der Waals surface area contributed by atoms with Crippen LogP contribution in [0.5, 0.6) is 0 Å². The highest BCUT2D eigenvalue weighted by Gasteiger charge is 2.27. The van der Waals surface area contributed by atoms with Crippen LogP contribution >= 0.6 is 0 Å². The van der Waals surface area contributed by atoms with Gasteiger partial charge < -0.3 is 21.7 Å². The summed E-state index contributed by atoms with van der Waals surface area (Å²) in [4.78, 5) is 36.3. The predicted molar refractivity (Wildman–Crippen MR) is 111 cm³/mol. The second-order valence-corrected chi connectivity index (χ2v) is 7.62. The van der Waals surface area contributed by atoms with Gasteiger partial charge in [0.25, 0.3) is 0 Å². The lowest BCUT2D eigenvalue weighted by atomic mass is 9.96. The number of primary amides is 1. The molecule has 0 aliphatic carbocycles. The molecule has 0 saturated heterocycles. The number of ketones is 1. The molecule has 2 atom stereocenters. The molecule has 0 unspecified atom stereocenters. The minimum atomic E-state index is -0.597. The van der Waals surface area contributed by atoms with Crippen molar-refractivity contribution in [3.05, 3.63) is 35.9 Å². The van der Waals surface area contributed by atoms with E-state index in [4.69, 9.17) is 5.73 Å². The van der Waals surface area contributed by atoms with Gasteiger partial charge in [0.2, 0.25) is 5.91 Å². The van der Waals surface area contributed by atoms with Crippen molar-refractivity contribution in [1.82, 2.24) is 16.0 Å². The molecule has 0 bridgehead atoms. The molecule has 1 rings (SSSR count). The molecule has 7 nitrogen and oxygen atoms in total. The maximum Gasteiger partial charge on any atom is 0.312 e. The molecular formula is C21H34N4O3. The highest BCUT2D eigenvalue weighted by molar-refractivity contribution is 5.91. The Kier molecular flexibility index (Phi) is 10.2. The van der Waals surface area contributed by atoms with Gasteiger partial charge in [-0.15, -0.1) is 0 Å². The summed E-state index contributed by atoms with van der Waals surface area (Å²) in [5.41, 5.74) is 6.11. The van der Waals surface area contributed by atoms with Crippen LogP contribution < -0.4 is 21.7 Å². The first-order chi connectivity index (χ1) is 13.2. The maximum atomic E-state index is 12.9. The number of hydrogen-bond donors (Lipinski definition) is 4. The third kappa shape index (κ3) is 8.99. The molecule has 0 fully saturated rings. The number of carbonyl (C=O) groups excluding carboxylic acids is 3. The van der Waals surface area contributed by atoms with E-state index in [0.717, 1.165) is 5.56 Å².